The van der Waals surface area contributed by atoms with Crippen LogP contribution >= 0.6 is 0 Å². The molecule has 0 radical (unpaired) electrons. The van der Waals surface area contributed by atoms with Gasteiger partial charge in [0.25, 0.3) is 23.6 Å². The van der Waals surface area contributed by atoms with E-state index in [1.165, 1.54) is 20.9 Å². The molecule has 0 saturated heterocycles. The van der Waals surface area contributed by atoms with Crippen LogP contribution in [-0.4, -0.2) is 23.6 Å². The van der Waals surface area contributed by atoms with Crippen LogP contribution in [0.25, 0.3) is 54.2 Å². The number of fused-ring (bicyclic) bond motifs is 2. The summed E-state index contributed by atoms with van der Waals surface area (Å²) in [5.74, 6) is -1.58. The molecule has 334 valence electrons. The Labute approximate surface area is 400 Å². The number of para-hydroxylation sites is 2. The molecule has 2 heterocycles. The minimum absolute atomic E-state index is 0.00915. The smallest absolute Gasteiger partial charge is 0.266 e. The minimum atomic E-state index is -0.405. The summed E-state index contributed by atoms with van der Waals surface area (Å²) < 4.78 is 0. The summed E-state index contributed by atoms with van der Waals surface area (Å²) in [6, 6.07) is 57.3. The molecular weight excluding hydrogens is 851 g/mol. The van der Waals surface area contributed by atoms with Crippen molar-refractivity contribution in [2.24, 2.45) is 0 Å². The van der Waals surface area contributed by atoms with E-state index in [2.05, 4.69) is 119 Å². The third-order valence-electron chi connectivity index (χ3n) is 14.2. The number of imide groups is 2. The molecule has 2 aliphatic heterocycles. The van der Waals surface area contributed by atoms with Crippen LogP contribution in [0.4, 0.5) is 28.4 Å². The highest BCUT2D eigenvalue weighted by Crippen LogP contribution is 2.50. The van der Waals surface area contributed by atoms with E-state index < -0.39 is 23.6 Å². The van der Waals surface area contributed by atoms with Crippen molar-refractivity contribution in [2.75, 3.05) is 14.7 Å². The Hall–Kier alpha value is -8.42. The predicted octanol–water partition coefficient (Wildman–Crippen LogP) is 15.1. The average Bonchev–Trinajstić information content (AvgIpc) is 3.35. The maximum Gasteiger partial charge on any atom is 0.266 e. The maximum absolute atomic E-state index is 15.0. The van der Waals surface area contributed by atoms with Crippen molar-refractivity contribution >= 4 is 95.2 Å². The van der Waals surface area contributed by atoms with Gasteiger partial charge in [-0.15, -0.1) is 0 Å². The average molecular weight is 898 g/mol. The number of amides is 4. The number of hydrogen-bond acceptors (Lipinski definition) is 5. The third-order valence-corrected chi connectivity index (χ3v) is 14.2. The lowest BCUT2D eigenvalue weighted by Crippen LogP contribution is -2.40. The molecule has 0 aliphatic carbocycles. The summed E-state index contributed by atoms with van der Waals surface area (Å²) in [4.78, 5) is 63.3. The number of nitrogens with zero attached hydrogens (tertiary/aromatic N) is 3. The molecule has 0 atom stereocenters. The standard InChI is InChI=1S/C62H47N3O4/c1-61(2,3)37-19-25-42(26-20-37)63(43-27-21-38(22-28-43)62(4,5)6)41-23-17-36(18-24-41)50-35-51-55-49(59(68)65(60(51)69)40-15-11-8-12-16-40)33-30-45-44-29-32-47-54-48(34-31-46(52(44)54)53(50)56(45)55)58(67)64(57(47)66)39-13-9-7-10-14-39/h7-35H,1-6H3. The molecule has 10 aromatic rings. The van der Waals surface area contributed by atoms with Crippen LogP contribution in [0.2, 0.25) is 0 Å². The zero-order chi connectivity index (χ0) is 47.7. The van der Waals surface area contributed by atoms with Crippen LogP contribution in [0, 0.1) is 0 Å². The quantitative estimate of drug-likeness (QED) is 0.0944. The van der Waals surface area contributed by atoms with E-state index in [0.717, 1.165) is 60.5 Å². The van der Waals surface area contributed by atoms with Crippen LogP contribution in [0.15, 0.2) is 176 Å². The van der Waals surface area contributed by atoms with Gasteiger partial charge in [-0.3, -0.25) is 19.2 Å². The molecule has 4 amide bonds. The lowest BCUT2D eigenvalue weighted by molar-refractivity contribution is 0.0877. The SMILES string of the molecule is CC(C)(C)c1ccc(N(c2ccc(-c3cc4c5c(ccc6c7ccc8c9c(ccc(c3c56)c97)C(=O)N(c3ccccc3)C8=O)C(=O)N(c3ccccc3)C4=O)cc2)c2ccc(C(C)(C)C)cc2)cc1. The number of carbonyl (C=O) groups is 4. The lowest BCUT2D eigenvalue weighted by Gasteiger charge is -2.31. The van der Waals surface area contributed by atoms with Crippen LogP contribution < -0.4 is 14.7 Å². The van der Waals surface area contributed by atoms with E-state index in [0.29, 0.717) is 44.4 Å². The van der Waals surface area contributed by atoms with Crippen molar-refractivity contribution in [3.05, 3.63) is 209 Å². The molecule has 0 N–H and O–H groups in total. The Morgan fingerprint density at radius 2 is 0.710 bits per heavy atom. The van der Waals surface area contributed by atoms with E-state index in [9.17, 15) is 19.2 Å². The van der Waals surface area contributed by atoms with Crippen molar-refractivity contribution in [1.29, 1.82) is 0 Å². The Morgan fingerprint density at radius 3 is 1.14 bits per heavy atom. The first-order valence-corrected chi connectivity index (χ1v) is 23.4. The molecule has 0 spiro atoms. The fourth-order valence-corrected chi connectivity index (χ4v) is 10.7. The zero-order valence-corrected chi connectivity index (χ0v) is 39.2. The third kappa shape index (κ3) is 6.34. The van der Waals surface area contributed by atoms with Gasteiger partial charge in [0.15, 0.2) is 0 Å². The summed E-state index contributed by atoms with van der Waals surface area (Å²) in [6.45, 7) is 13.3. The Kier molecular flexibility index (Phi) is 9.15. The lowest BCUT2D eigenvalue weighted by atomic mass is 9.79. The van der Waals surface area contributed by atoms with Crippen LogP contribution in [-0.2, 0) is 10.8 Å². The highest BCUT2D eigenvalue weighted by molar-refractivity contribution is 6.46. The van der Waals surface area contributed by atoms with Crippen molar-refractivity contribution in [2.45, 2.75) is 52.4 Å². The molecule has 7 nitrogen and oxygen atoms in total. The first-order chi connectivity index (χ1) is 33.2. The number of rotatable bonds is 6. The summed E-state index contributed by atoms with van der Waals surface area (Å²) in [7, 11) is 0. The number of carbonyl (C=O) groups excluding carboxylic acids is 4. The molecule has 0 bridgehead atoms. The van der Waals surface area contributed by atoms with Crippen molar-refractivity contribution < 1.29 is 19.2 Å². The second kappa shape index (κ2) is 15.0. The van der Waals surface area contributed by atoms with Crippen molar-refractivity contribution in [1.82, 2.24) is 0 Å². The molecule has 0 unspecified atom stereocenters. The first-order valence-electron chi connectivity index (χ1n) is 23.4. The van der Waals surface area contributed by atoms with Crippen molar-refractivity contribution in [3.63, 3.8) is 0 Å². The monoisotopic (exact) mass is 897 g/mol. The molecule has 7 heteroatoms. The molecule has 2 aliphatic rings. The van der Waals surface area contributed by atoms with Gasteiger partial charge in [-0.05, 0) is 150 Å². The summed E-state index contributed by atoms with van der Waals surface area (Å²) in [6.07, 6.45) is 0. The molecule has 10 aromatic carbocycles. The van der Waals surface area contributed by atoms with Gasteiger partial charge < -0.3 is 4.90 Å². The van der Waals surface area contributed by atoms with Gasteiger partial charge in [-0.1, -0.05) is 133 Å². The summed E-state index contributed by atoms with van der Waals surface area (Å²) in [5.41, 5.74) is 9.82. The number of hydrogen-bond donors (Lipinski definition) is 0. The van der Waals surface area contributed by atoms with Gasteiger partial charge in [-0.25, -0.2) is 9.80 Å². The van der Waals surface area contributed by atoms with Crippen LogP contribution in [0.5, 0.6) is 0 Å². The molecule has 0 fully saturated rings. The molecule has 69 heavy (non-hydrogen) atoms. The van der Waals surface area contributed by atoms with Gasteiger partial charge in [0.05, 0.1) is 11.4 Å². The zero-order valence-electron chi connectivity index (χ0n) is 39.2. The Morgan fingerprint density at radius 1 is 0.333 bits per heavy atom. The van der Waals surface area contributed by atoms with Crippen LogP contribution in [0.3, 0.4) is 0 Å². The predicted molar refractivity (Wildman–Crippen MR) is 280 cm³/mol. The van der Waals surface area contributed by atoms with E-state index in [-0.39, 0.29) is 10.8 Å². The van der Waals surface area contributed by atoms with Gasteiger partial charge in [0, 0.05) is 50.1 Å². The highest BCUT2D eigenvalue weighted by atomic mass is 16.2. The summed E-state index contributed by atoms with van der Waals surface area (Å²) >= 11 is 0. The Bertz CT molecular complexity index is 3710. The maximum atomic E-state index is 15.0. The fourth-order valence-electron chi connectivity index (χ4n) is 10.7. The van der Waals surface area contributed by atoms with Gasteiger partial charge in [-0.2, -0.15) is 0 Å². The first kappa shape index (κ1) is 42.0. The van der Waals surface area contributed by atoms with E-state index in [1.807, 2.05) is 78.9 Å². The van der Waals surface area contributed by atoms with Gasteiger partial charge in [0.1, 0.15) is 0 Å². The Balaban J connectivity index is 1.10. The molecule has 12 rings (SSSR count). The molecule has 0 aromatic heterocycles. The van der Waals surface area contributed by atoms with Gasteiger partial charge in [0.2, 0.25) is 0 Å². The number of anilines is 5. The largest absolute Gasteiger partial charge is 0.311 e. The minimum Gasteiger partial charge on any atom is -0.311 e. The topological polar surface area (TPSA) is 78.0 Å². The van der Waals surface area contributed by atoms with Gasteiger partial charge >= 0.3 is 0 Å². The van der Waals surface area contributed by atoms with E-state index in [4.69, 9.17) is 0 Å². The van der Waals surface area contributed by atoms with Crippen molar-refractivity contribution in [3.8, 4) is 11.1 Å². The summed E-state index contributed by atoms with van der Waals surface area (Å²) in [5, 5.41) is 6.06. The molecular formula is C62H47N3O4. The normalized spacial score (nSPS) is 14.0. The highest BCUT2D eigenvalue weighted by Gasteiger charge is 2.39. The second-order valence-corrected chi connectivity index (χ2v) is 20.4. The second-order valence-electron chi connectivity index (χ2n) is 20.4. The molecule has 0 saturated carbocycles. The van der Waals surface area contributed by atoms with E-state index in [1.54, 1.807) is 24.3 Å². The number of benzene rings is 10. The fraction of sp³-hybridized carbons (Fsp3) is 0.129. The van der Waals surface area contributed by atoms with Crippen LogP contribution in [0.1, 0.15) is 94.1 Å². The van der Waals surface area contributed by atoms with E-state index >= 15 is 0 Å².